The molecule has 2 heterocycles. The number of hydrogen-bond acceptors (Lipinski definition) is 4. The van der Waals surface area contributed by atoms with E-state index in [1.54, 1.807) is 25.2 Å². The Balaban J connectivity index is 1.33. The first-order chi connectivity index (χ1) is 13.6. The molecule has 2 aliphatic rings. The number of likely N-dealkylation sites (tertiary alicyclic amines) is 1. The van der Waals surface area contributed by atoms with Crippen LogP contribution in [0.2, 0.25) is 0 Å². The van der Waals surface area contributed by atoms with Crippen molar-refractivity contribution >= 4 is 17.5 Å². The minimum absolute atomic E-state index is 0.0383. The maximum Gasteiger partial charge on any atom is 0.264 e. The molecule has 2 aromatic rings. The average molecular weight is 379 g/mol. The van der Waals surface area contributed by atoms with Gasteiger partial charge in [0.05, 0.1) is 5.69 Å². The van der Waals surface area contributed by atoms with Gasteiger partial charge in [-0.05, 0) is 36.6 Å². The van der Waals surface area contributed by atoms with Crippen LogP contribution < -0.4 is 15.0 Å². The first-order valence-electron chi connectivity index (χ1n) is 9.71. The summed E-state index contributed by atoms with van der Waals surface area (Å²) in [5.74, 6) is 0.416. The van der Waals surface area contributed by atoms with E-state index in [0.29, 0.717) is 17.0 Å². The maximum absolute atomic E-state index is 12.7. The Morgan fingerprint density at radius 2 is 1.89 bits per heavy atom. The Labute approximate surface area is 165 Å². The van der Waals surface area contributed by atoms with E-state index in [1.807, 2.05) is 6.07 Å². The molecule has 28 heavy (non-hydrogen) atoms. The zero-order valence-corrected chi connectivity index (χ0v) is 16.1. The molecule has 0 radical (unpaired) electrons. The van der Waals surface area contributed by atoms with Gasteiger partial charge in [-0.15, -0.1) is 0 Å². The molecule has 6 nitrogen and oxygen atoms in total. The van der Waals surface area contributed by atoms with Crippen molar-refractivity contribution in [1.82, 2.24) is 10.2 Å². The van der Waals surface area contributed by atoms with Gasteiger partial charge >= 0.3 is 0 Å². The van der Waals surface area contributed by atoms with Crippen molar-refractivity contribution in [3.05, 3.63) is 59.7 Å². The summed E-state index contributed by atoms with van der Waals surface area (Å²) in [6.07, 6.45) is 1.87. The molecule has 0 unspecified atom stereocenters. The van der Waals surface area contributed by atoms with Crippen LogP contribution >= 0.6 is 0 Å². The second kappa shape index (κ2) is 8.02. The van der Waals surface area contributed by atoms with Crippen LogP contribution in [0.3, 0.4) is 0 Å². The number of anilines is 1. The lowest BCUT2D eigenvalue weighted by atomic mass is 10.0. The summed E-state index contributed by atoms with van der Waals surface area (Å²) in [4.78, 5) is 28.5. The number of piperidine rings is 1. The molecule has 1 saturated heterocycles. The first kappa shape index (κ1) is 18.5. The molecule has 2 amide bonds. The molecule has 6 heteroatoms. The quantitative estimate of drug-likeness (QED) is 0.886. The van der Waals surface area contributed by atoms with Crippen molar-refractivity contribution in [1.29, 1.82) is 0 Å². The molecule has 2 aliphatic heterocycles. The third-order valence-electron chi connectivity index (χ3n) is 5.48. The monoisotopic (exact) mass is 379 g/mol. The molecule has 4 rings (SSSR count). The fourth-order valence-corrected chi connectivity index (χ4v) is 3.76. The lowest BCUT2D eigenvalue weighted by Gasteiger charge is -2.32. The van der Waals surface area contributed by atoms with Gasteiger partial charge in [0.25, 0.3) is 11.8 Å². The molecule has 0 aliphatic carbocycles. The van der Waals surface area contributed by atoms with Crippen LogP contribution in [0.25, 0.3) is 0 Å². The highest BCUT2D eigenvalue weighted by Crippen LogP contribution is 2.32. The van der Waals surface area contributed by atoms with E-state index in [2.05, 4.69) is 34.5 Å². The van der Waals surface area contributed by atoms with Gasteiger partial charge in [-0.25, -0.2) is 0 Å². The number of nitrogens with zero attached hydrogens (tertiary/aromatic N) is 2. The Morgan fingerprint density at radius 1 is 1.14 bits per heavy atom. The van der Waals surface area contributed by atoms with Crippen LogP contribution in [-0.2, 0) is 11.3 Å². The highest BCUT2D eigenvalue weighted by molar-refractivity contribution is 6.01. The van der Waals surface area contributed by atoms with Crippen LogP contribution in [0.4, 0.5) is 5.69 Å². The van der Waals surface area contributed by atoms with Crippen LogP contribution in [0, 0.1) is 0 Å². The highest BCUT2D eigenvalue weighted by Gasteiger charge is 2.25. The van der Waals surface area contributed by atoms with Gasteiger partial charge in [0.2, 0.25) is 0 Å². The molecule has 146 valence electrons. The van der Waals surface area contributed by atoms with Gasteiger partial charge in [0, 0.05) is 38.3 Å². The number of likely N-dealkylation sites (N-methyl/N-ethyl adjacent to an activating group) is 1. The van der Waals surface area contributed by atoms with E-state index in [4.69, 9.17) is 4.74 Å². The molecule has 0 bridgehead atoms. The Kier molecular flexibility index (Phi) is 5.30. The molecule has 1 N–H and O–H groups in total. The standard InChI is InChI=1S/C22H25N3O3/c1-24-19-13-17(7-8-20(19)28-15-21(24)26)22(27)23-18-9-11-25(12-10-18)14-16-5-3-2-4-6-16/h2-8,13,18H,9-12,14-15H2,1H3,(H,23,27). The number of fused-ring (bicyclic) bond motifs is 1. The zero-order chi connectivity index (χ0) is 19.5. The number of amides is 2. The van der Waals surface area contributed by atoms with E-state index in [-0.39, 0.29) is 24.5 Å². The van der Waals surface area contributed by atoms with Crippen molar-refractivity contribution in [3.8, 4) is 5.75 Å². The largest absolute Gasteiger partial charge is 0.482 e. The molecule has 0 spiro atoms. The first-order valence-corrected chi connectivity index (χ1v) is 9.71. The molecule has 0 saturated carbocycles. The normalized spacial score (nSPS) is 17.8. The third kappa shape index (κ3) is 4.02. The van der Waals surface area contributed by atoms with Crippen LogP contribution in [-0.4, -0.2) is 49.5 Å². The Hall–Kier alpha value is -2.86. The van der Waals surface area contributed by atoms with Gasteiger partial charge in [-0.1, -0.05) is 30.3 Å². The smallest absolute Gasteiger partial charge is 0.264 e. The molecular weight excluding hydrogens is 354 g/mol. The van der Waals surface area contributed by atoms with Crippen LogP contribution in [0.1, 0.15) is 28.8 Å². The second-order valence-electron chi connectivity index (χ2n) is 7.43. The summed E-state index contributed by atoms with van der Waals surface area (Å²) in [5, 5.41) is 3.14. The van der Waals surface area contributed by atoms with Crippen LogP contribution in [0.5, 0.6) is 5.75 Å². The predicted octanol–water partition coefficient (Wildman–Crippen LogP) is 2.44. The number of ether oxygens (including phenoxy) is 1. The predicted molar refractivity (Wildman–Crippen MR) is 108 cm³/mol. The summed E-state index contributed by atoms with van der Waals surface area (Å²) >= 11 is 0. The number of carbonyl (C=O) groups is 2. The zero-order valence-electron chi connectivity index (χ0n) is 16.1. The molecule has 0 aromatic heterocycles. The number of benzene rings is 2. The average Bonchev–Trinajstić information content (AvgIpc) is 2.73. The van der Waals surface area contributed by atoms with Crippen molar-refractivity contribution in [2.75, 3.05) is 31.6 Å². The van der Waals surface area contributed by atoms with Crippen LogP contribution in [0.15, 0.2) is 48.5 Å². The fraction of sp³-hybridized carbons (Fsp3) is 0.364. The van der Waals surface area contributed by atoms with E-state index < -0.39 is 0 Å². The van der Waals surface area contributed by atoms with E-state index >= 15 is 0 Å². The third-order valence-corrected chi connectivity index (χ3v) is 5.48. The number of carbonyl (C=O) groups excluding carboxylic acids is 2. The summed E-state index contributed by atoms with van der Waals surface area (Å²) < 4.78 is 5.42. The molecular formula is C22H25N3O3. The topological polar surface area (TPSA) is 61.9 Å². The van der Waals surface area contributed by atoms with Crippen molar-refractivity contribution in [2.45, 2.75) is 25.4 Å². The minimum atomic E-state index is -0.115. The maximum atomic E-state index is 12.7. The minimum Gasteiger partial charge on any atom is -0.482 e. The van der Waals surface area contributed by atoms with E-state index in [1.165, 1.54) is 10.5 Å². The van der Waals surface area contributed by atoms with E-state index in [9.17, 15) is 9.59 Å². The summed E-state index contributed by atoms with van der Waals surface area (Å²) in [6, 6.07) is 15.9. The molecule has 2 aromatic carbocycles. The van der Waals surface area contributed by atoms with Gasteiger partial charge < -0.3 is 15.0 Å². The molecule has 0 atom stereocenters. The number of nitrogens with one attached hydrogen (secondary N) is 1. The summed E-state index contributed by atoms with van der Waals surface area (Å²) in [5.41, 5.74) is 2.51. The second-order valence-corrected chi connectivity index (χ2v) is 7.43. The van der Waals surface area contributed by atoms with Gasteiger partial charge in [-0.3, -0.25) is 14.5 Å². The lowest BCUT2D eigenvalue weighted by Crippen LogP contribution is -2.44. The van der Waals surface area contributed by atoms with Crippen molar-refractivity contribution < 1.29 is 14.3 Å². The summed E-state index contributed by atoms with van der Waals surface area (Å²) in [7, 11) is 1.70. The summed E-state index contributed by atoms with van der Waals surface area (Å²) in [6.45, 7) is 2.92. The van der Waals surface area contributed by atoms with Crippen molar-refractivity contribution in [2.24, 2.45) is 0 Å². The molecule has 1 fully saturated rings. The SMILES string of the molecule is CN1C(=O)COc2ccc(C(=O)NC3CCN(Cc4ccccc4)CC3)cc21. The fourth-order valence-electron chi connectivity index (χ4n) is 3.76. The Bertz CT molecular complexity index is 861. The van der Waals surface area contributed by atoms with Gasteiger partial charge in [0.15, 0.2) is 6.61 Å². The number of rotatable bonds is 4. The lowest BCUT2D eigenvalue weighted by molar-refractivity contribution is -0.120. The Morgan fingerprint density at radius 3 is 2.64 bits per heavy atom. The number of hydrogen-bond donors (Lipinski definition) is 1. The van der Waals surface area contributed by atoms with Gasteiger partial charge in [-0.2, -0.15) is 0 Å². The van der Waals surface area contributed by atoms with E-state index in [0.717, 1.165) is 32.5 Å². The highest BCUT2D eigenvalue weighted by atomic mass is 16.5. The van der Waals surface area contributed by atoms with Gasteiger partial charge in [0.1, 0.15) is 5.75 Å². The van der Waals surface area contributed by atoms with Crippen molar-refractivity contribution in [3.63, 3.8) is 0 Å².